The third kappa shape index (κ3) is 9.86. The topological polar surface area (TPSA) is 242 Å². The van der Waals surface area contributed by atoms with Gasteiger partial charge in [-0.3, -0.25) is 48.7 Å². The molecule has 0 radical (unpaired) electrons. The minimum absolute atomic E-state index is 0.0329. The van der Waals surface area contributed by atoms with Crippen molar-refractivity contribution in [2.45, 2.75) is 65.6 Å². The smallest absolute Gasteiger partial charge is 0.264 e. The summed E-state index contributed by atoms with van der Waals surface area (Å²) in [5, 5.41) is 22.7. The molecule has 1 atom stereocenters. The number of carbonyl (C=O) groups excluding carboxylic acids is 6. The van der Waals surface area contributed by atoms with Crippen molar-refractivity contribution in [1.82, 2.24) is 35.7 Å². The molecule has 334 valence electrons. The fraction of sp³-hybridized carbons (Fsp3) is 0.370. The Morgan fingerprint density at radius 2 is 1.70 bits per heavy atom. The molecule has 5 heterocycles. The van der Waals surface area contributed by atoms with Gasteiger partial charge in [0.2, 0.25) is 17.7 Å². The lowest BCUT2D eigenvalue weighted by molar-refractivity contribution is -0.136. The first kappa shape index (κ1) is 44.8. The summed E-state index contributed by atoms with van der Waals surface area (Å²) in [6.07, 6.45) is 3.17. The van der Waals surface area contributed by atoms with E-state index in [2.05, 4.69) is 41.4 Å². The number of imide groups is 2. The van der Waals surface area contributed by atoms with Gasteiger partial charge in [0, 0.05) is 117 Å². The molecule has 18 heteroatoms. The second-order valence-corrected chi connectivity index (χ2v) is 16.5. The lowest BCUT2D eigenvalue weighted by Crippen LogP contribution is -2.54. The van der Waals surface area contributed by atoms with Gasteiger partial charge in [0.25, 0.3) is 23.3 Å². The third-order valence-corrected chi connectivity index (χ3v) is 11.6. The van der Waals surface area contributed by atoms with Crippen molar-refractivity contribution in [2.24, 2.45) is 0 Å². The number of hydrogen-bond donors (Lipinski definition) is 7. The number of piperazine rings is 1. The molecule has 2 aromatic heterocycles. The number of pyridine rings is 2. The van der Waals surface area contributed by atoms with E-state index in [1.54, 1.807) is 31.3 Å². The minimum atomic E-state index is -1.06. The van der Waals surface area contributed by atoms with Gasteiger partial charge in [-0.2, -0.15) is 0 Å². The Morgan fingerprint density at radius 1 is 0.922 bits per heavy atom. The SMILES string of the molecule is Cc1cc(C)c(CNC(=O)c2cc(-c3ccc(N4CCN(CCNC(=O)CCNc5cccc6c5C(=O)N(C5CCC(=O)NC5=O)C6=O)CC4)nc3)cc(NC(C)C)c2C=N)c(=O)[nH]1. The molecule has 64 heavy (non-hydrogen) atoms. The largest absolute Gasteiger partial charge is 0.384 e. The van der Waals surface area contributed by atoms with Crippen LogP contribution in [0, 0.1) is 19.3 Å². The standard InChI is InChI=1S/C46H53N11O7/c1-26(2)52-36-22-30(21-32(33(36)23-47)42(60)51-25-34-27(3)20-28(4)53-43(34)61)29-8-10-38(50-24-29)56-18-16-55(17-19-56)15-14-49-39(58)12-13-48-35-7-5-6-31-41(35)46(64)57(45(31)63)37-9-11-40(59)54-44(37)62/h5-8,10,20-24,26,37,47-48,52H,9,11-19,25H2,1-4H3,(H,49,58)(H,51,60)(H,53,61)(H,54,59,62). The molecule has 2 saturated heterocycles. The highest BCUT2D eigenvalue weighted by molar-refractivity contribution is 6.25. The Hall–Kier alpha value is -7.21. The van der Waals surface area contributed by atoms with E-state index in [0.29, 0.717) is 41.2 Å². The van der Waals surface area contributed by atoms with Gasteiger partial charge in [0.05, 0.1) is 16.7 Å². The number of nitrogens with zero attached hydrogens (tertiary/aromatic N) is 4. The number of aromatic nitrogens is 2. The number of aromatic amines is 1. The summed E-state index contributed by atoms with van der Waals surface area (Å²) >= 11 is 0. The van der Waals surface area contributed by atoms with Crippen molar-refractivity contribution in [3.05, 3.63) is 104 Å². The van der Waals surface area contributed by atoms with E-state index < -0.39 is 35.6 Å². The van der Waals surface area contributed by atoms with Crippen LogP contribution in [0.2, 0.25) is 0 Å². The molecule has 6 amide bonds. The first-order valence-corrected chi connectivity index (χ1v) is 21.4. The van der Waals surface area contributed by atoms with Crippen molar-refractivity contribution >= 4 is 58.9 Å². The van der Waals surface area contributed by atoms with Crippen LogP contribution in [0.3, 0.4) is 0 Å². The van der Waals surface area contributed by atoms with Crippen LogP contribution in [-0.4, -0.2) is 119 Å². The number of anilines is 3. The second-order valence-electron chi connectivity index (χ2n) is 16.5. The zero-order valence-corrected chi connectivity index (χ0v) is 36.4. The highest BCUT2D eigenvalue weighted by atomic mass is 16.2. The van der Waals surface area contributed by atoms with Crippen LogP contribution < -0.4 is 37.0 Å². The third-order valence-electron chi connectivity index (χ3n) is 11.6. The van der Waals surface area contributed by atoms with E-state index in [-0.39, 0.29) is 61.0 Å². The Bertz CT molecular complexity index is 2560. The summed E-state index contributed by atoms with van der Waals surface area (Å²) in [4.78, 5) is 102. The van der Waals surface area contributed by atoms with E-state index in [1.807, 2.05) is 45.0 Å². The van der Waals surface area contributed by atoms with E-state index in [1.165, 1.54) is 6.07 Å². The van der Waals surface area contributed by atoms with Crippen LogP contribution >= 0.6 is 0 Å². The number of amides is 6. The fourth-order valence-electron chi connectivity index (χ4n) is 8.32. The molecule has 7 rings (SSSR count). The van der Waals surface area contributed by atoms with Crippen molar-refractivity contribution < 1.29 is 28.8 Å². The summed E-state index contributed by atoms with van der Waals surface area (Å²) in [6, 6.07) is 13.2. The number of benzene rings is 2. The molecule has 1 unspecified atom stereocenters. The number of aryl methyl sites for hydroxylation is 2. The van der Waals surface area contributed by atoms with Crippen molar-refractivity contribution in [1.29, 1.82) is 5.41 Å². The van der Waals surface area contributed by atoms with Crippen LogP contribution in [0.15, 0.2) is 59.5 Å². The molecule has 18 nitrogen and oxygen atoms in total. The predicted octanol–water partition coefficient (Wildman–Crippen LogP) is 2.94. The van der Waals surface area contributed by atoms with Gasteiger partial charge >= 0.3 is 0 Å². The monoisotopic (exact) mass is 871 g/mol. The Morgan fingerprint density at radius 3 is 2.39 bits per heavy atom. The first-order valence-electron chi connectivity index (χ1n) is 21.4. The molecule has 0 saturated carbocycles. The molecular weight excluding hydrogens is 819 g/mol. The summed E-state index contributed by atoms with van der Waals surface area (Å²) in [5.41, 5.74) is 5.37. The molecule has 3 aliphatic rings. The van der Waals surface area contributed by atoms with E-state index in [9.17, 15) is 33.6 Å². The maximum atomic E-state index is 13.7. The van der Waals surface area contributed by atoms with Crippen LogP contribution in [0.4, 0.5) is 17.2 Å². The van der Waals surface area contributed by atoms with Crippen LogP contribution in [0.5, 0.6) is 0 Å². The Kier molecular flexibility index (Phi) is 13.6. The average Bonchev–Trinajstić information content (AvgIpc) is 3.51. The zero-order chi connectivity index (χ0) is 45.7. The highest BCUT2D eigenvalue weighted by Gasteiger charge is 2.45. The van der Waals surface area contributed by atoms with E-state index in [4.69, 9.17) is 10.4 Å². The molecule has 0 spiro atoms. The normalized spacial score (nSPS) is 16.4. The van der Waals surface area contributed by atoms with Gasteiger partial charge in [-0.15, -0.1) is 0 Å². The van der Waals surface area contributed by atoms with Gasteiger partial charge in [0.15, 0.2) is 0 Å². The molecular formula is C46H53N11O7. The van der Waals surface area contributed by atoms with Gasteiger partial charge in [0.1, 0.15) is 11.9 Å². The first-order chi connectivity index (χ1) is 30.7. The molecule has 2 aromatic carbocycles. The maximum absolute atomic E-state index is 13.7. The zero-order valence-electron chi connectivity index (χ0n) is 36.4. The van der Waals surface area contributed by atoms with E-state index in [0.717, 1.165) is 65.5 Å². The number of hydrogen-bond acceptors (Lipinski definition) is 13. The molecule has 0 bridgehead atoms. The number of fused-ring (bicyclic) bond motifs is 1. The molecule has 7 N–H and O–H groups in total. The van der Waals surface area contributed by atoms with Crippen molar-refractivity contribution in [3.63, 3.8) is 0 Å². The van der Waals surface area contributed by atoms with Crippen LogP contribution in [0.25, 0.3) is 11.1 Å². The van der Waals surface area contributed by atoms with Crippen molar-refractivity contribution in [3.8, 4) is 11.1 Å². The lowest BCUT2D eigenvalue weighted by atomic mass is 9.97. The molecule has 2 fully saturated rings. The number of nitrogens with one attached hydrogen (secondary N) is 7. The second kappa shape index (κ2) is 19.5. The molecule has 4 aromatic rings. The molecule has 3 aliphatic heterocycles. The summed E-state index contributed by atoms with van der Waals surface area (Å²) in [6.45, 7) is 12.0. The van der Waals surface area contributed by atoms with Crippen LogP contribution in [-0.2, 0) is 20.9 Å². The van der Waals surface area contributed by atoms with Gasteiger partial charge in [-0.1, -0.05) is 6.07 Å². The quantitative estimate of drug-likeness (QED) is 0.0636. The van der Waals surface area contributed by atoms with Crippen LogP contribution in [0.1, 0.15) is 86.6 Å². The number of rotatable bonds is 16. The van der Waals surface area contributed by atoms with E-state index >= 15 is 0 Å². The maximum Gasteiger partial charge on any atom is 0.264 e. The summed E-state index contributed by atoms with van der Waals surface area (Å²) in [5.74, 6) is -2.08. The minimum Gasteiger partial charge on any atom is -0.384 e. The highest BCUT2D eigenvalue weighted by Crippen LogP contribution is 2.33. The Balaban J connectivity index is 0.888. The Labute approximate surface area is 370 Å². The predicted molar refractivity (Wildman–Crippen MR) is 242 cm³/mol. The number of carbonyl (C=O) groups is 6. The van der Waals surface area contributed by atoms with Crippen molar-refractivity contribution in [2.75, 3.05) is 61.3 Å². The fourth-order valence-corrected chi connectivity index (χ4v) is 8.32. The lowest BCUT2D eigenvalue weighted by Gasteiger charge is -2.35. The van der Waals surface area contributed by atoms with Gasteiger partial charge in [-0.05, 0) is 87.7 Å². The summed E-state index contributed by atoms with van der Waals surface area (Å²) in [7, 11) is 0. The van der Waals surface area contributed by atoms with Gasteiger partial charge < -0.3 is 36.6 Å². The number of H-pyrrole nitrogens is 1. The number of piperidine rings is 1. The summed E-state index contributed by atoms with van der Waals surface area (Å²) < 4.78 is 0. The van der Waals surface area contributed by atoms with Gasteiger partial charge in [-0.25, -0.2) is 4.98 Å². The molecule has 0 aliphatic carbocycles. The average molecular weight is 872 g/mol.